The Hall–Kier alpha value is -2.45. The third-order valence-electron chi connectivity index (χ3n) is 5.86. The lowest BCUT2D eigenvalue weighted by molar-refractivity contribution is -0.260. The number of rotatable bonds is 5. The highest BCUT2D eigenvalue weighted by Gasteiger charge is 2.54. The third-order valence-corrected chi connectivity index (χ3v) is 5.86. The number of aromatic nitrogens is 3. The number of carbonyl (C=O) groups is 1. The van der Waals surface area contributed by atoms with Gasteiger partial charge in [-0.15, -0.1) is 0 Å². The summed E-state index contributed by atoms with van der Waals surface area (Å²) >= 11 is 0. The number of nitrogens with zero attached hydrogens (tertiary/aromatic N) is 2. The van der Waals surface area contributed by atoms with E-state index < -0.39 is 41.5 Å². The van der Waals surface area contributed by atoms with Crippen LogP contribution in [0.15, 0.2) is 12.4 Å². The number of nitrogens with two attached hydrogens (primary N) is 1. The quantitative estimate of drug-likeness (QED) is 0.401. The zero-order valence-corrected chi connectivity index (χ0v) is 18.8. The molecule has 3 rings (SSSR count). The number of aromatic amines is 1. The second kappa shape index (κ2) is 9.30. The second-order valence-electron chi connectivity index (χ2n) is 8.74. The summed E-state index contributed by atoms with van der Waals surface area (Å²) in [4.78, 5) is 23.7. The number of carbonyl (C=O) groups excluding carboxylic acids is 1. The van der Waals surface area contributed by atoms with Gasteiger partial charge in [0.1, 0.15) is 5.52 Å². The van der Waals surface area contributed by atoms with Crippen molar-refractivity contribution in [2.45, 2.75) is 82.1 Å². The lowest BCUT2D eigenvalue weighted by atomic mass is 9.97. The highest BCUT2D eigenvalue weighted by molar-refractivity contribution is 6.04. The summed E-state index contributed by atoms with van der Waals surface area (Å²) in [6, 6.07) is -2.85. The maximum Gasteiger partial charge on any atom is 0.418 e. The van der Waals surface area contributed by atoms with E-state index in [1.165, 1.54) is 6.20 Å². The number of nitrogens with one attached hydrogen (secondary N) is 2. The van der Waals surface area contributed by atoms with Gasteiger partial charge >= 0.3 is 12.4 Å². The molecule has 1 saturated carbocycles. The van der Waals surface area contributed by atoms with E-state index in [1.807, 2.05) is 0 Å². The van der Waals surface area contributed by atoms with E-state index in [-0.39, 0.29) is 5.56 Å². The lowest BCUT2D eigenvalue weighted by Gasteiger charge is -2.32. The maximum atomic E-state index is 12.8. The van der Waals surface area contributed by atoms with Crippen LogP contribution in [-0.2, 0) is 0 Å². The first-order valence-electron chi connectivity index (χ1n) is 10.3. The minimum absolute atomic E-state index is 0.102. The topological polar surface area (TPSA) is 137 Å². The Labute approximate surface area is 191 Å². The first-order valence-corrected chi connectivity index (χ1v) is 10.3. The summed E-state index contributed by atoms with van der Waals surface area (Å²) in [5.41, 5.74) is 0.635. The van der Waals surface area contributed by atoms with Gasteiger partial charge in [0.05, 0.1) is 23.5 Å². The summed E-state index contributed by atoms with van der Waals surface area (Å²) in [5, 5.41) is 20.5. The van der Waals surface area contributed by atoms with Crippen molar-refractivity contribution < 1.29 is 41.4 Å². The van der Waals surface area contributed by atoms with E-state index in [0.717, 1.165) is 32.4 Å². The molecule has 192 valence electrons. The summed E-state index contributed by atoms with van der Waals surface area (Å²) in [6.07, 6.45) is -4.50. The Kier molecular flexibility index (Phi) is 7.60. The molecule has 1 amide bonds. The Morgan fingerprint density at radius 2 is 1.65 bits per heavy atom. The van der Waals surface area contributed by atoms with Crippen molar-refractivity contribution in [2.75, 3.05) is 0 Å². The van der Waals surface area contributed by atoms with Crippen LogP contribution in [0.5, 0.6) is 0 Å². The summed E-state index contributed by atoms with van der Waals surface area (Å²) in [5.74, 6) is -0.418. The normalized spacial score (nSPS) is 19.9. The minimum atomic E-state index is -4.86. The maximum absolute atomic E-state index is 12.8. The molecule has 0 bridgehead atoms. The van der Waals surface area contributed by atoms with Gasteiger partial charge in [-0.05, 0) is 40.5 Å². The van der Waals surface area contributed by atoms with E-state index in [9.17, 15) is 36.2 Å². The lowest BCUT2D eigenvalue weighted by Crippen LogP contribution is -2.57. The molecular weight excluding hydrogens is 472 g/mol. The fourth-order valence-corrected chi connectivity index (χ4v) is 2.57. The molecule has 14 heteroatoms. The number of halogens is 6. The van der Waals surface area contributed by atoms with Crippen LogP contribution in [0.3, 0.4) is 0 Å². The van der Waals surface area contributed by atoms with Crippen molar-refractivity contribution in [3.8, 4) is 0 Å². The molecule has 0 spiro atoms. The summed E-state index contributed by atoms with van der Waals surface area (Å²) in [7, 11) is 0. The molecule has 4 atom stereocenters. The monoisotopic (exact) mass is 499 g/mol. The molecule has 2 aromatic rings. The van der Waals surface area contributed by atoms with Gasteiger partial charge in [-0.2, -0.15) is 26.3 Å². The van der Waals surface area contributed by atoms with Gasteiger partial charge in [-0.1, -0.05) is 0 Å². The Morgan fingerprint density at radius 3 is 2.06 bits per heavy atom. The Morgan fingerprint density at radius 1 is 1.12 bits per heavy atom. The highest BCUT2D eigenvalue weighted by atomic mass is 19.4. The van der Waals surface area contributed by atoms with Gasteiger partial charge in [-0.3, -0.25) is 4.79 Å². The van der Waals surface area contributed by atoms with Gasteiger partial charge in [0.2, 0.25) is 0 Å². The number of aliphatic hydroxyl groups is 2. The predicted octanol–water partition coefficient (Wildman–Crippen LogP) is 2.91. The van der Waals surface area contributed by atoms with E-state index >= 15 is 0 Å². The molecule has 0 unspecified atom stereocenters. The van der Waals surface area contributed by atoms with E-state index in [4.69, 9.17) is 10.8 Å². The second-order valence-corrected chi connectivity index (χ2v) is 8.74. The third kappa shape index (κ3) is 5.78. The molecule has 0 aromatic carbocycles. The largest absolute Gasteiger partial charge is 0.418 e. The predicted molar refractivity (Wildman–Crippen MR) is 110 cm³/mol. The molecule has 0 saturated heterocycles. The van der Waals surface area contributed by atoms with Gasteiger partial charge in [0, 0.05) is 18.2 Å². The fraction of sp³-hybridized carbons (Fsp3) is 0.650. The fourth-order valence-electron chi connectivity index (χ4n) is 2.57. The average Bonchev–Trinajstić information content (AvgIpc) is 3.45. The highest BCUT2D eigenvalue weighted by Crippen LogP contribution is 2.39. The van der Waals surface area contributed by atoms with Crippen LogP contribution in [0.1, 0.15) is 62.5 Å². The number of hydrogen-bond donors (Lipinski definition) is 5. The van der Waals surface area contributed by atoms with E-state index in [1.54, 1.807) is 6.20 Å². The van der Waals surface area contributed by atoms with Crippen LogP contribution in [0.25, 0.3) is 11.2 Å². The summed E-state index contributed by atoms with van der Waals surface area (Å²) < 4.78 is 73.8. The van der Waals surface area contributed by atoms with Crippen LogP contribution in [0.4, 0.5) is 26.3 Å². The van der Waals surface area contributed by atoms with Crippen molar-refractivity contribution in [1.29, 1.82) is 0 Å². The standard InChI is InChI=1S/C15H17F3N4O2.C5H10F3NO/c1-7(14(2,24)15(16,17)18)21-13(23)9-5-19-12-11(9)22-10(6-20-12)8-3-4-8;1-3(9)4(2,10)5(6,7)8/h5-8,24H,3-4H2,1-2H3,(H,19,20)(H,21,23);3,10H,9H2,1-2H3/t7-,14+;3-,4+/m00/s1. The molecular formula is C20H27F6N5O3. The molecule has 34 heavy (non-hydrogen) atoms. The minimum Gasteiger partial charge on any atom is -0.379 e. The van der Waals surface area contributed by atoms with Gasteiger partial charge < -0.3 is 26.2 Å². The van der Waals surface area contributed by atoms with Crippen LogP contribution in [0, 0.1) is 0 Å². The SMILES string of the molecule is C[C@H](N)[C@@](C)(O)C(F)(F)F.C[C@H](NC(=O)c1c[nH]c2ncc(C3CC3)nc12)[C@@](C)(O)C(F)(F)F. The first-order chi connectivity index (χ1) is 15.3. The molecule has 1 aliphatic rings. The molecule has 2 heterocycles. The molecule has 8 nitrogen and oxygen atoms in total. The molecule has 1 aliphatic carbocycles. The van der Waals surface area contributed by atoms with Crippen molar-refractivity contribution in [1.82, 2.24) is 20.3 Å². The van der Waals surface area contributed by atoms with Crippen LogP contribution >= 0.6 is 0 Å². The zero-order valence-electron chi connectivity index (χ0n) is 18.8. The number of H-pyrrole nitrogens is 1. The van der Waals surface area contributed by atoms with Crippen LogP contribution < -0.4 is 11.1 Å². The van der Waals surface area contributed by atoms with E-state index in [2.05, 4.69) is 20.3 Å². The number of alkyl halides is 6. The van der Waals surface area contributed by atoms with Crippen molar-refractivity contribution in [3.05, 3.63) is 23.7 Å². The van der Waals surface area contributed by atoms with Gasteiger partial charge in [0.15, 0.2) is 16.8 Å². The Balaban J connectivity index is 0.000000347. The zero-order chi connectivity index (χ0) is 26.3. The van der Waals surface area contributed by atoms with Crippen molar-refractivity contribution >= 4 is 17.1 Å². The molecule has 2 aromatic heterocycles. The van der Waals surface area contributed by atoms with E-state index in [0.29, 0.717) is 30.9 Å². The summed E-state index contributed by atoms with van der Waals surface area (Å²) in [6.45, 7) is 3.48. The van der Waals surface area contributed by atoms with Crippen LogP contribution in [-0.4, -0.2) is 66.7 Å². The Bertz CT molecular complexity index is 1010. The number of amides is 1. The van der Waals surface area contributed by atoms with Crippen molar-refractivity contribution in [3.63, 3.8) is 0 Å². The number of hydrogen-bond acceptors (Lipinski definition) is 6. The molecule has 6 N–H and O–H groups in total. The average molecular weight is 499 g/mol. The molecule has 1 fully saturated rings. The van der Waals surface area contributed by atoms with Gasteiger partial charge in [0.25, 0.3) is 5.91 Å². The molecule has 0 radical (unpaired) electrons. The van der Waals surface area contributed by atoms with Crippen LogP contribution in [0.2, 0.25) is 0 Å². The smallest absolute Gasteiger partial charge is 0.379 e. The number of fused-ring (bicyclic) bond motifs is 1. The molecule has 0 aliphatic heterocycles. The first kappa shape index (κ1) is 27.8. The van der Waals surface area contributed by atoms with Gasteiger partial charge in [-0.25, -0.2) is 9.97 Å². The van der Waals surface area contributed by atoms with Crippen molar-refractivity contribution in [2.24, 2.45) is 5.73 Å².